The number of halogens is 1. The largest absolute Gasteiger partial charge is 0.490 e. The highest BCUT2D eigenvalue weighted by atomic mass is 19.1. The number of aromatic nitrogens is 2. The van der Waals surface area contributed by atoms with Crippen LogP contribution in [0, 0.1) is 17.8 Å². The first-order chi connectivity index (χ1) is 18.0. The Morgan fingerprint density at radius 3 is 2.73 bits per heavy atom. The highest BCUT2D eigenvalue weighted by molar-refractivity contribution is 6.02. The Labute approximate surface area is 216 Å². The van der Waals surface area contributed by atoms with Gasteiger partial charge in [-0.05, 0) is 61.2 Å². The molecule has 6 nitrogen and oxygen atoms in total. The summed E-state index contributed by atoms with van der Waals surface area (Å²) >= 11 is 0. The molecule has 7 heteroatoms. The molecular weight excluding hydrogens is 465 g/mol. The lowest BCUT2D eigenvalue weighted by Crippen LogP contribution is -2.37. The van der Waals surface area contributed by atoms with E-state index in [9.17, 15) is 4.39 Å². The van der Waals surface area contributed by atoms with E-state index in [0.29, 0.717) is 12.2 Å². The molecule has 4 heterocycles. The molecule has 0 radical (unpaired) electrons. The minimum Gasteiger partial charge on any atom is -0.490 e. The van der Waals surface area contributed by atoms with E-state index in [4.69, 9.17) is 16.3 Å². The van der Waals surface area contributed by atoms with E-state index >= 15 is 0 Å². The molecule has 0 atom stereocenters. The summed E-state index contributed by atoms with van der Waals surface area (Å²) in [6.07, 6.45) is 6.31. The second-order valence-corrected chi connectivity index (χ2v) is 10.5. The highest BCUT2D eigenvalue weighted by Crippen LogP contribution is 2.42. The first-order valence-corrected chi connectivity index (χ1v) is 12.8. The summed E-state index contributed by atoms with van der Waals surface area (Å²) in [4.78, 5) is 10.4. The number of pyridine rings is 1. The van der Waals surface area contributed by atoms with Crippen LogP contribution in [0.15, 0.2) is 54.9 Å². The van der Waals surface area contributed by atoms with Crippen molar-refractivity contribution in [2.24, 2.45) is 5.41 Å². The molecule has 188 valence electrons. The summed E-state index contributed by atoms with van der Waals surface area (Å²) in [6, 6.07) is 13.1. The molecule has 0 saturated carbocycles. The van der Waals surface area contributed by atoms with Gasteiger partial charge in [0.2, 0.25) is 5.69 Å². The van der Waals surface area contributed by atoms with Crippen LogP contribution in [0.25, 0.3) is 38.1 Å². The van der Waals surface area contributed by atoms with E-state index < -0.39 is 5.82 Å². The number of benzene rings is 2. The Bertz CT molecular complexity index is 1530. The van der Waals surface area contributed by atoms with Gasteiger partial charge in [-0.15, -0.1) is 0 Å². The van der Waals surface area contributed by atoms with E-state index in [0.717, 1.165) is 78.2 Å². The molecule has 6 rings (SSSR count). The highest BCUT2D eigenvalue weighted by Gasteiger charge is 2.28. The molecule has 1 saturated heterocycles. The maximum Gasteiger partial charge on any atom is 0.222 e. The predicted octanol–water partition coefficient (Wildman–Crippen LogP) is 6.28. The van der Waals surface area contributed by atoms with Crippen molar-refractivity contribution in [3.05, 3.63) is 72.1 Å². The van der Waals surface area contributed by atoms with Crippen molar-refractivity contribution in [3.63, 3.8) is 0 Å². The molecule has 0 bridgehead atoms. The fourth-order valence-corrected chi connectivity index (χ4v) is 5.66. The summed E-state index contributed by atoms with van der Waals surface area (Å²) in [5.74, 6) is 0.303. The number of ether oxygens (including phenoxy) is 1. The van der Waals surface area contributed by atoms with Crippen molar-refractivity contribution in [2.45, 2.75) is 26.3 Å². The normalized spacial score (nSPS) is 16.8. The van der Waals surface area contributed by atoms with Crippen LogP contribution in [0.5, 0.6) is 5.75 Å². The number of nitrogens with zero attached hydrogens (tertiary/aromatic N) is 4. The van der Waals surface area contributed by atoms with Gasteiger partial charge >= 0.3 is 0 Å². The third-order valence-electron chi connectivity index (χ3n) is 7.88. The fourth-order valence-electron chi connectivity index (χ4n) is 5.66. The standard InChI is InChI=1S/C30H30FN5O/c1-30(9-11-33-12-10-30)19-36-13-8-22-26(36)18-34-29(28(22)20-4-6-24(32-2)23(31)16-20)21-5-7-25-27(17-21)37-15-14-35(25)3/h4-8,13,16-18,33H,9-12,14-15,19H2,1,3H3. The van der Waals surface area contributed by atoms with Crippen LogP contribution in [-0.2, 0) is 6.54 Å². The third-order valence-corrected chi connectivity index (χ3v) is 7.88. The second-order valence-electron chi connectivity index (χ2n) is 10.5. The topological polar surface area (TPSA) is 46.7 Å². The molecule has 0 amide bonds. The summed E-state index contributed by atoms with van der Waals surface area (Å²) in [7, 11) is 2.06. The number of piperidine rings is 1. The Hall–Kier alpha value is -3.89. The van der Waals surface area contributed by atoms with Gasteiger partial charge in [-0.2, -0.15) is 0 Å². The maximum atomic E-state index is 14.8. The lowest BCUT2D eigenvalue weighted by molar-refractivity contribution is 0.197. The quantitative estimate of drug-likeness (QED) is 0.339. The zero-order chi connectivity index (χ0) is 25.6. The molecule has 1 N–H and O–H groups in total. The molecule has 4 aromatic rings. The predicted molar refractivity (Wildman–Crippen MR) is 146 cm³/mol. The van der Waals surface area contributed by atoms with Gasteiger partial charge in [-0.3, -0.25) is 4.98 Å². The van der Waals surface area contributed by atoms with Crippen LogP contribution in [0.4, 0.5) is 15.8 Å². The third kappa shape index (κ3) is 4.21. The minimum absolute atomic E-state index is 0.0204. The Morgan fingerprint density at radius 1 is 1.14 bits per heavy atom. The molecular formula is C30H30FN5O. The lowest BCUT2D eigenvalue weighted by Gasteiger charge is -2.34. The van der Waals surface area contributed by atoms with E-state index in [1.807, 2.05) is 18.3 Å². The first-order valence-electron chi connectivity index (χ1n) is 12.8. The smallest absolute Gasteiger partial charge is 0.222 e. The number of nitrogens with one attached hydrogen (secondary N) is 1. The summed E-state index contributed by atoms with van der Waals surface area (Å²) < 4.78 is 23.1. The fraction of sp³-hybridized carbons (Fsp3) is 0.333. The van der Waals surface area contributed by atoms with Crippen molar-refractivity contribution in [2.75, 3.05) is 38.2 Å². The van der Waals surface area contributed by atoms with Crippen molar-refractivity contribution in [3.8, 4) is 28.1 Å². The average Bonchev–Trinajstić information content (AvgIpc) is 3.30. The molecule has 0 aliphatic carbocycles. The van der Waals surface area contributed by atoms with Gasteiger partial charge in [0.05, 0.1) is 36.2 Å². The van der Waals surface area contributed by atoms with Crippen LogP contribution >= 0.6 is 0 Å². The molecule has 2 aromatic heterocycles. The number of fused-ring (bicyclic) bond motifs is 2. The number of rotatable bonds is 4. The number of hydrogen-bond acceptors (Lipinski definition) is 4. The van der Waals surface area contributed by atoms with Crippen molar-refractivity contribution in [1.29, 1.82) is 0 Å². The minimum atomic E-state index is -0.521. The summed E-state index contributed by atoms with van der Waals surface area (Å²) in [6.45, 7) is 14.1. The van der Waals surface area contributed by atoms with Gasteiger partial charge in [0, 0.05) is 36.3 Å². The van der Waals surface area contributed by atoms with Gasteiger partial charge in [-0.1, -0.05) is 25.1 Å². The number of anilines is 1. The van der Waals surface area contributed by atoms with Gasteiger partial charge in [0.1, 0.15) is 18.2 Å². The van der Waals surface area contributed by atoms with E-state index in [2.05, 4.69) is 58.0 Å². The molecule has 1 fully saturated rings. The van der Waals surface area contributed by atoms with Crippen molar-refractivity contribution in [1.82, 2.24) is 14.9 Å². The van der Waals surface area contributed by atoms with E-state index in [-0.39, 0.29) is 11.1 Å². The monoisotopic (exact) mass is 495 g/mol. The maximum absolute atomic E-state index is 14.8. The molecule has 37 heavy (non-hydrogen) atoms. The number of likely N-dealkylation sites (N-methyl/N-ethyl adjacent to an activating group) is 1. The summed E-state index contributed by atoms with van der Waals surface area (Å²) in [5, 5.41) is 4.48. The zero-order valence-electron chi connectivity index (χ0n) is 21.2. The van der Waals surface area contributed by atoms with Crippen molar-refractivity contribution >= 4 is 22.3 Å². The lowest BCUT2D eigenvalue weighted by atomic mass is 9.81. The molecule has 2 aromatic carbocycles. The molecule has 0 spiro atoms. The number of hydrogen-bond donors (Lipinski definition) is 1. The van der Waals surface area contributed by atoms with Gasteiger partial charge in [0.25, 0.3) is 0 Å². The zero-order valence-corrected chi connectivity index (χ0v) is 21.2. The van der Waals surface area contributed by atoms with Crippen LogP contribution < -0.4 is 15.0 Å². The van der Waals surface area contributed by atoms with Gasteiger partial charge < -0.3 is 19.5 Å². The summed E-state index contributed by atoms with van der Waals surface area (Å²) in [5.41, 5.74) is 5.57. The first kappa shape index (κ1) is 23.5. The average molecular weight is 496 g/mol. The van der Waals surface area contributed by atoms with Gasteiger partial charge in [0.15, 0.2) is 0 Å². The molecule has 0 unspecified atom stereocenters. The van der Waals surface area contributed by atoms with Crippen LogP contribution in [0.3, 0.4) is 0 Å². The van der Waals surface area contributed by atoms with Crippen LogP contribution in [0.2, 0.25) is 0 Å². The van der Waals surface area contributed by atoms with Crippen molar-refractivity contribution < 1.29 is 9.13 Å². The molecule has 2 aliphatic rings. The van der Waals surface area contributed by atoms with Crippen LogP contribution in [-0.4, -0.2) is 42.8 Å². The van der Waals surface area contributed by atoms with Crippen LogP contribution in [0.1, 0.15) is 19.8 Å². The Kier molecular flexibility index (Phi) is 5.85. The molecule has 2 aliphatic heterocycles. The second kappa shape index (κ2) is 9.20. The van der Waals surface area contributed by atoms with E-state index in [1.54, 1.807) is 6.07 Å². The SMILES string of the molecule is [C-]#[N+]c1ccc(-c2c(-c3ccc4c(c3)OCCN4C)ncc3c2ccn3CC2(C)CCNCC2)cc1F. The van der Waals surface area contributed by atoms with E-state index in [1.165, 1.54) is 6.07 Å². The Morgan fingerprint density at radius 2 is 1.95 bits per heavy atom. The van der Waals surface area contributed by atoms with Gasteiger partial charge in [-0.25, -0.2) is 9.24 Å². The Balaban J connectivity index is 1.52.